The highest BCUT2D eigenvalue weighted by atomic mass is 32.2. The number of aliphatic hydroxyl groups is 1. The lowest BCUT2D eigenvalue weighted by Crippen LogP contribution is -2.35. The Labute approximate surface area is 198 Å². The van der Waals surface area contributed by atoms with Crippen LogP contribution in [-0.2, 0) is 10.0 Å². The molecule has 1 amide bonds. The molecule has 10 heteroatoms. The Morgan fingerprint density at radius 1 is 0.912 bits per heavy atom. The van der Waals surface area contributed by atoms with E-state index in [4.69, 9.17) is 14.2 Å². The van der Waals surface area contributed by atoms with Gasteiger partial charge in [0.1, 0.15) is 12.7 Å². The van der Waals surface area contributed by atoms with Crippen LogP contribution in [0.1, 0.15) is 10.4 Å². The fraction of sp³-hybridized carbons (Fsp3) is 0.208. The number of rotatable bonds is 11. The van der Waals surface area contributed by atoms with Crippen molar-refractivity contribution in [2.45, 2.75) is 11.0 Å². The molecule has 0 aliphatic carbocycles. The molecule has 0 saturated heterocycles. The van der Waals surface area contributed by atoms with Gasteiger partial charge in [0.15, 0.2) is 11.5 Å². The second kappa shape index (κ2) is 11.4. The molecule has 1 atom stereocenters. The molecule has 0 saturated carbocycles. The molecule has 0 aromatic heterocycles. The number of hydrogen-bond donors (Lipinski definition) is 3. The van der Waals surface area contributed by atoms with E-state index in [-0.39, 0.29) is 18.0 Å². The van der Waals surface area contributed by atoms with Gasteiger partial charge in [0.25, 0.3) is 15.9 Å². The Balaban J connectivity index is 1.52. The molecular formula is C24H26N2O7S. The second-order valence-electron chi connectivity index (χ2n) is 7.16. The van der Waals surface area contributed by atoms with E-state index in [0.29, 0.717) is 28.5 Å². The maximum Gasteiger partial charge on any atom is 0.261 e. The van der Waals surface area contributed by atoms with Gasteiger partial charge in [-0.05, 0) is 48.5 Å². The summed E-state index contributed by atoms with van der Waals surface area (Å²) in [6.07, 6.45) is -0.990. The molecule has 180 valence electrons. The fourth-order valence-corrected chi connectivity index (χ4v) is 4.09. The van der Waals surface area contributed by atoms with Gasteiger partial charge in [-0.3, -0.25) is 9.52 Å². The quantitative estimate of drug-likeness (QED) is 0.381. The van der Waals surface area contributed by atoms with Crippen LogP contribution >= 0.6 is 0 Å². The van der Waals surface area contributed by atoms with E-state index >= 15 is 0 Å². The highest BCUT2D eigenvalue weighted by Gasteiger charge is 2.16. The average molecular weight is 487 g/mol. The monoisotopic (exact) mass is 486 g/mol. The van der Waals surface area contributed by atoms with Crippen molar-refractivity contribution in [2.24, 2.45) is 0 Å². The van der Waals surface area contributed by atoms with Crippen LogP contribution < -0.4 is 24.2 Å². The number of carbonyl (C=O) groups is 1. The van der Waals surface area contributed by atoms with E-state index in [2.05, 4.69) is 10.0 Å². The zero-order chi connectivity index (χ0) is 24.6. The van der Waals surface area contributed by atoms with Crippen LogP contribution in [0, 0.1) is 0 Å². The van der Waals surface area contributed by atoms with E-state index < -0.39 is 22.0 Å². The highest BCUT2D eigenvalue weighted by molar-refractivity contribution is 7.92. The van der Waals surface area contributed by atoms with E-state index in [9.17, 15) is 18.3 Å². The highest BCUT2D eigenvalue weighted by Crippen LogP contribution is 2.36. The fourth-order valence-electron chi connectivity index (χ4n) is 3.01. The van der Waals surface area contributed by atoms with Crippen LogP contribution in [-0.4, -0.2) is 52.9 Å². The number of aliphatic hydroxyl groups excluding tert-OH is 1. The number of methoxy groups -OCH3 is 2. The molecule has 3 aromatic carbocycles. The Bertz CT molecular complexity index is 1180. The molecule has 3 aromatic rings. The van der Waals surface area contributed by atoms with Crippen molar-refractivity contribution in [1.82, 2.24) is 5.32 Å². The van der Waals surface area contributed by atoms with Crippen molar-refractivity contribution >= 4 is 21.6 Å². The molecule has 0 aliphatic heterocycles. The summed E-state index contributed by atoms with van der Waals surface area (Å²) in [5.41, 5.74) is 0.627. The molecule has 0 heterocycles. The second-order valence-corrected chi connectivity index (χ2v) is 8.84. The molecular weight excluding hydrogens is 460 g/mol. The maximum absolute atomic E-state index is 12.4. The molecule has 0 aliphatic rings. The predicted octanol–water partition coefficient (Wildman–Crippen LogP) is 2.67. The minimum absolute atomic E-state index is 0.0569. The third-order valence-corrected chi connectivity index (χ3v) is 6.15. The number of nitrogens with one attached hydrogen (secondary N) is 2. The summed E-state index contributed by atoms with van der Waals surface area (Å²) >= 11 is 0. The molecule has 0 radical (unpaired) electrons. The van der Waals surface area contributed by atoms with Gasteiger partial charge in [0.2, 0.25) is 5.75 Å². The average Bonchev–Trinajstić information content (AvgIpc) is 2.86. The van der Waals surface area contributed by atoms with Crippen molar-refractivity contribution in [3.63, 3.8) is 0 Å². The van der Waals surface area contributed by atoms with Gasteiger partial charge < -0.3 is 24.6 Å². The molecule has 9 nitrogen and oxygen atoms in total. The minimum Gasteiger partial charge on any atom is -0.493 e. The Morgan fingerprint density at radius 3 is 2.12 bits per heavy atom. The lowest BCUT2D eigenvalue weighted by Gasteiger charge is -2.17. The lowest BCUT2D eigenvalue weighted by atomic mass is 10.2. The first kappa shape index (κ1) is 24.9. The van der Waals surface area contributed by atoms with Gasteiger partial charge in [-0.2, -0.15) is 0 Å². The molecule has 1 unspecified atom stereocenters. The zero-order valence-electron chi connectivity index (χ0n) is 18.7. The summed E-state index contributed by atoms with van der Waals surface area (Å²) in [6.45, 7) is -0.157. The van der Waals surface area contributed by atoms with Crippen LogP contribution in [0.2, 0.25) is 0 Å². The van der Waals surface area contributed by atoms with E-state index in [0.717, 1.165) is 0 Å². The number of sulfonamides is 1. The number of anilines is 1. The van der Waals surface area contributed by atoms with Gasteiger partial charge >= 0.3 is 0 Å². The SMILES string of the molecule is COc1cccc(OC)c1OCC(O)CNC(=O)c1ccc(NS(=O)(=O)c2ccccc2)cc1. The van der Waals surface area contributed by atoms with Crippen molar-refractivity contribution in [2.75, 3.05) is 32.1 Å². The summed E-state index contributed by atoms with van der Waals surface area (Å²) in [4.78, 5) is 12.5. The van der Waals surface area contributed by atoms with Crippen molar-refractivity contribution < 1.29 is 32.5 Å². The van der Waals surface area contributed by atoms with E-state index in [1.54, 1.807) is 36.4 Å². The predicted molar refractivity (Wildman–Crippen MR) is 127 cm³/mol. The standard InChI is InChI=1S/C24H26N2O7S/c1-31-21-9-6-10-22(32-2)23(21)33-16-19(27)15-25-24(28)17-11-13-18(14-12-17)26-34(29,30)20-7-4-3-5-8-20/h3-14,19,26-27H,15-16H2,1-2H3,(H,25,28). The van der Waals surface area contributed by atoms with Gasteiger partial charge in [0, 0.05) is 17.8 Å². The number of ether oxygens (including phenoxy) is 3. The molecule has 34 heavy (non-hydrogen) atoms. The smallest absolute Gasteiger partial charge is 0.261 e. The summed E-state index contributed by atoms with van der Waals surface area (Å²) in [5, 5.41) is 12.8. The van der Waals surface area contributed by atoms with Crippen LogP contribution in [0.15, 0.2) is 77.7 Å². The molecule has 0 bridgehead atoms. The number of amides is 1. The van der Waals surface area contributed by atoms with Crippen LogP contribution in [0.4, 0.5) is 5.69 Å². The third kappa shape index (κ3) is 6.40. The third-order valence-electron chi connectivity index (χ3n) is 4.75. The van der Waals surface area contributed by atoms with E-state index in [1.807, 2.05) is 0 Å². The van der Waals surface area contributed by atoms with Gasteiger partial charge in [-0.25, -0.2) is 8.42 Å². The Hall–Kier alpha value is -3.76. The Kier molecular flexibility index (Phi) is 8.34. The topological polar surface area (TPSA) is 123 Å². The van der Waals surface area contributed by atoms with Crippen LogP contribution in [0.3, 0.4) is 0 Å². The summed E-state index contributed by atoms with van der Waals surface area (Å²) in [6, 6.07) is 19.1. The number of hydrogen-bond acceptors (Lipinski definition) is 7. The number of carbonyl (C=O) groups excluding carboxylic acids is 1. The van der Waals surface area contributed by atoms with E-state index in [1.165, 1.54) is 50.6 Å². The molecule has 0 fully saturated rings. The lowest BCUT2D eigenvalue weighted by molar-refractivity contribution is 0.0833. The minimum atomic E-state index is -3.72. The number of benzene rings is 3. The van der Waals surface area contributed by atoms with Crippen molar-refractivity contribution in [3.8, 4) is 17.2 Å². The van der Waals surface area contributed by atoms with Gasteiger partial charge in [-0.1, -0.05) is 24.3 Å². The van der Waals surface area contributed by atoms with Gasteiger partial charge in [-0.15, -0.1) is 0 Å². The van der Waals surface area contributed by atoms with Gasteiger partial charge in [0.05, 0.1) is 19.1 Å². The largest absolute Gasteiger partial charge is 0.493 e. The summed E-state index contributed by atoms with van der Waals surface area (Å²) in [7, 11) is -0.730. The summed E-state index contributed by atoms with van der Waals surface area (Å²) < 4.78 is 43.4. The van der Waals surface area contributed by atoms with Crippen molar-refractivity contribution in [1.29, 1.82) is 0 Å². The first-order valence-corrected chi connectivity index (χ1v) is 11.8. The normalized spacial score (nSPS) is 11.9. The first-order chi connectivity index (χ1) is 16.3. The Morgan fingerprint density at radius 2 is 1.53 bits per heavy atom. The van der Waals surface area contributed by atoms with Crippen LogP contribution in [0.5, 0.6) is 17.2 Å². The van der Waals surface area contributed by atoms with Crippen molar-refractivity contribution in [3.05, 3.63) is 78.4 Å². The van der Waals surface area contributed by atoms with Crippen LogP contribution in [0.25, 0.3) is 0 Å². The summed E-state index contributed by atoms with van der Waals surface area (Å²) in [5.74, 6) is 0.843. The number of para-hydroxylation sites is 1. The molecule has 3 rings (SSSR count). The zero-order valence-corrected chi connectivity index (χ0v) is 19.5. The molecule has 3 N–H and O–H groups in total. The molecule has 0 spiro atoms. The maximum atomic E-state index is 12.4. The first-order valence-electron chi connectivity index (χ1n) is 10.3.